The fourth-order valence-corrected chi connectivity index (χ4v) is 2.42. The van der Waals surface area contributed by atoms with Crippen LogP contribution in [0.4, 0.5) is 0 Å². The molecule has 1 aliphatic rings. The summed E-state index contributed by atoms with van der Waals surface area (Å²) in [7, 11) is 0. The molecule has 0 bridgehead atoms. The van der Waals surface area contributed by atoms with Gasteiger partial charge in [-0.2, -0.15) is 0 Å². The molecule has 0 atom stereocenters. The van der Waals surface area contributed by atoms with Crippen LogP contribution >= 0.6 is 0 Å². The predicted molar refractivity (Wildman–Crippen MR) is 69.6 cm³/mol. The van der Waals surface area contributed by atoms with Crippen molar-refractivity contribution in [1.82, 2.24) is 0 Å². The molecular weight excluding hydrogens is 208 g/mol. The fraction of sp³-hybridized carbons (Fsp3) is 0.250. The van der Waals surface area contributed by atoms with Crippen molar-refractivity contribution in [1.29, 1.82) is 0 Å². The smallest absolute Gasteiger partial charge is 0.0896 e. The number of aliphatic hydroxyl groups is 1. The Bertz CT molecular complexity index is 512. The molecular formula is C16H16O. The number of rotatable bonds is 2. The zero-order valence-corrected chi connectivity index (χ0v) is 9.76. The Hall–Kier alpha value is -1.60. The van der Waals surface area contributed by atoms with Crippen LogP contribution in [-0.4, -0.2) is 5.11 Å². The second-order valence-electron chi connectivity index (χ2n) is 4.83. The van der Waals surface area contributed by atoms with Gasteiger partial charge in [0.05, 0.1) is 5.60 Å². The lowest BCUT2D eigenvalue weighted by Gasteiger charge is -2.37. The highest BCUT2D eigenvalue weighted by Crippen LogP contribution is 2.41. The van der Waals surface area contributed by atoms with Crippen LogP contribution in [0.2, 0.25) is 0 Å². The second kappa shape index (κ2) is 4.01. The summed E-state index contributed by atoms with van der Waals surface area (Å²) in [4.78, 5) is 0. The monoisotopic (exact) mass is 224 g/mol. The van der Waals surface area contributed by atoms with Crippen LogP contribution in [0.1, 0.15) is 24.8 Å². The van der Waals surface area contributed by atoms with Gasteiger partial charge in [-0.15, -0.1) is 0 Å². The molecule has 2 aromatic carbocycles. The molecule has 0 unspecified atom stereocenters. The van der Waals surface area contributed by atoms with Crippen LogP contribution < -0.4 is 0 Å². The summed E-state index contributed by atoms with van der Waals surface area (Å²) < 4.78 is 0. The van der Waals surface area contributed by atoms with Crippen molar-refractivity contribution < 1.29 is 5.11 Å². The Morgan fingerprint density at radius 2 is 1.53 bits per heavy atom. The van der Waals surface area contributed by atoms with Crippen molar-refractivity contribution in [2.24, 2.45) is 0 Å². The first-order valence-electron chi connectivity index (χ1n) is 6.16. The maximum Gasteiger partial charge on any atom is 0.0896 e. The summed E-state index contributed by atoms with van der Waals surface area (Å²) in [6.07, 6.45) is 2.92. The van der Waals surface area contributed by atoms with Gasteiger partial charge in [-0.3, -0.25) is 0 Å². The molecule has 0 aliphatic heterocycles. The summed E-state index contributed by atoms with van der Waals surface area (Å²) in [6.45, 7) is 0. The molecule has 0 amide bonds. The van der Waals surface area contributed by atoms with Crippen molar-refractivity contribution in [2.75, 3.05) is 0 Å². The molecule has 1 aliphatic carbocycles. The minimum absolute atomic E-state index is 0.565. The Balaban J connectivity index is 2.00. The zero-order valence-electron chi connectivity index (χ0n) is 9.76. The van der Waals surface area contributed by atoms with E-state index in [4.69, 9.17) is 0 Å². The highest BCUT2D eigenvalue weighted by atomic mass is 16.3. The molecule has 1 nitrogen and oxygen atoms in total. The van der Waals surface area contributed by atoms with E-state index >= 15 is 0 Å². The molecule has 86 valence electrons. The highest BCUT2D eigenvalue weighted by Gasteiger charge is 2.36. The Kier molecular flexibility index (Phi) is 2.49. The largest absolute Gasteiger partial charge is 0.385 e. The third-order valence-corrected chi connectivity index (χ3v) is 3.69. The molecule has 2 aromatic rings. The van der Waals surface area contributed by atoms with Crippen LogP contribution in [0.25, 0.3) is 11.1 Å². The standard InChI is InChI=1S/C16H16O/c17-16(10-5-11-16)15-9-4-8-14(12-15)13-6-2-1-3-7-13/h1-4,6-9,12,17H,5,10-11H2. The summed E-state index contributed by atoms with van der Waals surface area (Å²) in [5.74, 6) is 0. The zero-order chi connectivity index (χ0) is 11.7. The van der Waals surface area contributed by atoms with E-state index in [0.29, 0.717) is 0 Å². The van der Waals surface area contributed by atoms with Gasteiger partial charge in [0.25, 0.3) is 0 Å². The van der Waals surface area contributed by atoms with Gasteiger partial charge in [-0.1, -0.05) is 48.5 Å². The summed E-state index contributed by atoms with van der Waals surface area (Å²) in [5.41, 5.74) is 2.89. The van der Waals surface area contributed by atoms with Crippen molar-refractivity contribution in [3.8, 4) is 11.1 Å². The van der Waals surface area contributed by atoms with Crippen LogP contribution in [0, 0.1) is 0 Å². The van der Waals surface area contributed by atoms with Crippen molar-refractivity contribution in [3.05, 3.63) is 60.2 Å². The van der Waals surface area contributed by atoms with Gasteiger partial charge in [0.15, 0.2) is 0 Å². The fourth-order valence-electron chi connectivity index (χ4n) is 2.42. The molecule has 17 heavy (non-hydrogen) atoms. The van der Waals surface area contributed by atoms with Gasteiger partial charge < -0.3 is 5.11 Å². The predicted octanol–water partition coefficient (Wildman–Crippen LogP) is 3.73. The van der Waals surface area contributed by atoms with Gasteiger partial charge in [0, 0.05) is 0 Å². The number of hydrogen-bond acceptors (Lipinski definition) is 1. The van der Waals surface area contributed by atoms with E-state index in [0.717, 1.165) is 24.8 Å². The van der Waals surface area contributed by atoms with Gasteiger partial charge in [-0.05, 0) is 42.0 Å². The van der Waals surface area contributed by atoms with E-state index in [1.807, 2.05) is 30.3 Å². The second-order valence-corrected chi connectivity index (χ2v) is 4.83. The lowest BCUT2D eigenvalue weighted by Crippen LogP contribution is -2.33. The van der Waals surface area contributed by atoms with Crippen molar-refractivity contribution in [3.63, 3.8) is 0 Å². The van der Waals surface area contributed by atoms with E-state index in [2.05, 4.69) is 24.3 Å². The van der Waals surface area contributed by atoms with Crippen LogP contribution in [0.5, 0.6) is 0 Å². The summed E-state index contributed by atoms with van der Waals surface area (Å²) in [5, 5.41) is 10.4. The van der Waals surface area contributed by atoms with Gasteiger partial charge in [0.1, 0.15) is 0 Å². The molecule has 1 heteroatoms. The minimum Gasteiger partial charge on any atom is -0.385 e. The van der Waals surface area contributed by atoms with Crippen molar-refractivity contribution in [2.45, 2.75) is 24.9 Å². The van der Waals surface area contributed by atoms with E-state index in [9.17, 15) is 5.11 Å². The molecule has 0 radical (unpaired) electrons. The molecule has 0 spiro atoms. The van der Waals surface area contributed by atoms with Gasteiger partial charge >= 0.3 is 0 Å². The van der Waals surface area contributed by atoms with E-state index in [-0.39, 0.29) is 0 Å². The molecule has 1 saturated carbocycles. The third kappa shape index (κ3) is 1.87. The van der Waals surface area contributed by atoms with Crippen LogP contribution in [0.15, 0.2) is 54.6 Å². The van der Waals surface area contributed by atoms with Gasteiger partial charge in [-0.25, -0.2) is 0 Å². The number of hydrogen-bond donors (Lipinski definition) is 1. The first-order valence-corrected chi connectivity index (χ1v) is 6.16. The average molecular weight is 224 g/mol. The maximum absolute atomic E-state index is 10.4. The average Bonchev–Trinajstić information content (AvgIpc) is 2.37. The Labute approximate surface area is 102 Å². The topological polar surface area (TPSA) is 20.2 Å². The highest BCUT2D eigenvalue weighted by molar-refractivity contribution is 5.64. The Morgan fingerprint density at radius 3 is 2.18 bits per heavy atom. The molecule has 0 heterocycles. The molecule has 1 N–H and O–H groups in total. The van der Waals surface area contributed by atoms with E-state index in [1.54, 1.807) is 0 Å². The summed E-state index contributed by atoms with van der Waals surface area (Å²) >= 11 is 0. The summed E-state index contributed by atoms with van der Waals surface area (Å²) in [6, 6.07) is 18.6. The number of benzene rings is 2. The minimum atomic E-state index is -0.565. The lowest BCUT2D eigenvalue weighted by molar-refractivity contribution is -0.0387. The molecule has 3 rings (SSSR count). The molecule has 0 aromatic heterocycles. The molecule has 0 saturated heterocycles. The first-order chi connectivity index (χ1) is 8.28. The van der Waals surface area contributed by atoms with Gasteiger partial charge in [0.2, 0.25) is 0 Å². The lowest BCUT2D eigenvalue weighted by atomic mass is 9.75. The van der Waals surface area contributed by atoms with E-state index in [1.165, 1.54) is 11.1 Å². The first kappa shape index (κ1) is 10.5. The maximum atomic E-state index is 10.4. The van der Waals surface area contributed by atoms with E-state index < -0.39 is 5.60 Å². The normalized spacial score (nSPS) is 17.5. The van der Waals surface area contributed by atoms with Crippen LogP contribution in [0.3, 0.4) is 0 Å². The molecule has 1 fully saturated rings. The SMILES string of the molecule is OC1(c2cccc(-c3ccccc3)c2)CCC1. The third-order valence-electron chi connectivity index (χ3n) is 3.69. The van der Waals surface area contributed by atoms with Crippen LogP contribution in [-0.2, 0) is 5.60 Å². The Morgan fingerprint density at radius 1 is 0.824 bits per heavy atom. The van der Waals surface area contributed by atoms with Crippen molar-refractivity contribution >= 4 is 0 Å². The quantitative estimate of drug-likeness (QED) is 0.824.